The van der Waals surface area contributed by atoms with Gasteiger partial charge in [0.1, 0.15) is 5.60 Å². The summed E-state index contributed by atoms with van der Waals surface area (Å²) >= 11 is 0. The third-order valence-electron chi connectivity index (χ3n) is 3.67. The van der Waals surface area contributed by atoms with Crippen LogP contribution >= 0.6 is 7.82 Å². The van der Waals surface area contributed by atoms with Crippen LogP contribution in [0.3, 0.4) is 0 Å². The molecule has 0 bridgehead atoms. The summed E-state index contributed by atoms with van der Waals surface area (Å²) in [6.07, 6.45) is 0.964. The van der Waals surface area contributed by atoms with Crippen molar-refractivity contribution in [1.82, 2.24) is 5.32 Å². The Morgan fingerprint density at radius 2 is 1.52 bits per heavy atom. The second kappa shape index (κ2) is 7.36. The van der Waals surface area contributed by atoms with E-state index in [0.29, 0.717) is 6.54 Å². The normalized spacial score (nSPS) is 20.7. The van der Waals surface area contributed by atoms with Gasteiger partial charge in [-0.1, -0.05) is 54.6 Å². The fourth-order valence-corrected chi connectivity index (χ4v) is 2.70. The molecule has 0 spiro atoms. The fraction of sp³-hybridized carbons (Fsp3) is 0.250. The van der Waals surface area contributed by atoms with Gasteiger partial charge in [0, 0.05) is 6.54 Å². The summed E-state index contributed by atoms with van der Waals surface area (Å²) in [4.78, 5) is 21.6. The quantitative estimate of drug-likeness (QED) is 0.499. The minimum absolute atomic E-state index is 0.564. The van der Waals surface area contributed by atoms with Crippen molar-refractivity contribution in [1.29, 1.82) is 0 Å². The van der Waals surface area contributed by atoms with Crippen LogP contribution in [0, 0.1) is 0 Å². The van der Waals surface area contributed by atoms with Crippen molar-refractivity contribution in [3.63, 3.8) is 0 Å². The minimum Gasteiger partial charge on any atom is -0.379 e. The van der Waals surface area contributed by atoms with Crippen molar-refractivity contribution in [3.8, 4) is 0 Å². The average molecular weight is 337 g/mol. The Morgan fingerprint density at radius 1 is 0.957 bits per heavy atom. The monoisotopic (exact) mass is 337 g/mol. The number of fused-ring (bicyclic) bond motifs is 1. The van der Waals surface area contributed by atoms with Crippen LogP contribution < -0.4 is 5.32 Å². The molecule has 0 radical (unpaired) electrons. The minimum atomic E-state index is -4.64. The molecule has 0 aromatic heterocycles. The Kier molecular flexibility index (Phi) is 5.70. The second-order valence-electron chi connectivity index (χ2n) is 5.32. The number of hydrogen-bond acceptors (Lipinski definition) is 3. The zero-order valence-electron chi connectivity index (χ0n) is 12.5. The number of hydrogen-bond donors (Lipinski definition) is 5. The molecule has 1 aliphatic heterocycles. The Bertz CT molecular complexity index is 680. The highest BCUT2D eigenvalue weighted by Crippen LogP contribution is 2.32. The molecule has 7 heteroatoms. The lowest BCUT2D eigenvalue weighted by molar-refractivity contribution is 0.0826. The van der Waals surface area contributed by atoms with E-state index in [1.54, 1.807) is 0 Å². The number of nitrogens with one attached hydrogen (secondary N) is 1. The highest BCUT2D eigenvalue weighted by Gasteiger charge is 2.34. The molecular weight excluding hydrogens is 317 g/mol. The molecule has 0 saturated carbocycles. The molecule has 0 saturated heterocycles. The summed E-state index contributed by atoms with van der Waals surface area (Å²) in [6.45, 7) is 1.47. The van der Waals surface area contributed by atoms with Crippen molar-refractivity contribution in [2.45, 2.75) is 12.0 Å². The third kappa shape index (κ3) is 4.97. The summed E-state index contributed by atoms with van der Waals surface area (Å²) in [6, 6.07) is 18.1. The molecule has 1 atom stereocenters. The first kappa shape index (κ1) is 17.8. The summed E-state index contributed by atoms with van der Waals surface area (Å²) in [5.74, 6) is 0. The Labute approximate surface area is 134 Å². The lowest BCUT2D eigenvalue weighted by Crippen LogP contribution is -2.38. The predicted molar refractivity (Wildman–Crippen MR) is 86.7 cm³/mol. The van der Waals surface area contributed by atoms with E-state index in [1.807, 2.05) is 48.5 Å². The summed E-state index contributed by atoms with van der Waals surface area (Å²) in [7, 11) is -4.64. The van der Waals surface area contributed by atoms with E-state index < -0.39 is 13.4 Å². The molecular formula is C16H20NO5P. The van der Waals surface area contributed by atoms with Crippen LogP contribution in [-0.4, -0.2) is 32.9 Å². The highest BCUT2D eigenvalue weighted by molar-refractivity contribution is 7.45. The van der Waals surface area contributed by atoms with Crippen molar-refractivity contribution in [2.75, 3.05) is 13.1 Å². The van der Waals surface area contributed by atoms with Gasteiger partial charge in [0.2, 0.25) is 0 Å². The summed E-state index contributed by atoms with van der Waals surface area (Å²) < 4.78 is 8.88. The predicted octanol–water partition coefficient (Wildman–Crippen LogP) is 1.14. The van der Waals surface area contributed by atoms with E-state index in [9.17, 15) is 5.11 Å². The Hall–Kier alpha value is -1.53. The molecule has 1 unspecified atom stereocenters. The highest BCUT2D eigenvalue weighted by atomic mass is 31.2. The van der Waals surface area contributed by atoms with Gasteiger partial charge in [-0.15, -0.1) is 0 Å². The maximum absolute atomic E-state index is 11.1. The zero-order chi connectivity index (χ0) is 16.9. The molecule has 3 rings (SSSR count). The molecule has 1 heterocycles. The maximum atomic E-state index is 11.1. The van der Waals surface area contributed by atoms with Crippen LogP contribution in [0.5, 0.6) is 0 Å². The number of benzene rings is 2. The lowest BCUT2D eigenvalue weighted by atomic mass is 9.84. The molecule has 2 aromatic carbocycles. The van der Waals surface area contributed by atoms with Gasteiger partial charge in [0.25, 0.3) is 0 Å². The topological polar surface area (TPSA) is 110 Å². The van der Waals surface area contributed by atoms with Crippen LogP contribution in [-0.2, 0) is 16.6 Å². The molecule has 23 heavy (non-hydrogen) atoms. The van der Waals surface area contributed by atoms with Gasteiger partial charge in [-0.3, -0.25) is 0 Å². The molecule has 6 nitrogen and oxygen atoms in total. The number of phosphoric acid groups is 1. The van der Waals surface area contributed by atoms with Crippen molar-refractivity contribution in [2.24, 2.45) is 0 Å². The molecule has 5 N–H and O–H groups in total. The van der Waals surface area contributed by atoms with Gasteiger partial charge in [-0.05, 0) is 29.7 Å². The number of β-amino-alcohol motifs (C(OH)–C–C–N with tert-alkyl or cyclic N) is 1. The van der Waals surface area contributed by atoms with Crippen LogP contribution in [0.15, 0.2) is 54.6 Å². The SMILES string of the molecule is O=P(O)(O)O.OC1(c2ccccc2)CNCCc2ccccc21. The van der Waals surface area contributed by atoms with E-state index in [0.717, 1.165) is 24.1 Å². The van der Waals surface area contributed by atoms with E-state index >= 15 is 0 Å². The van der Waals surface area contributed by atoms with E-state index in [1.165, 1.54) is 5.56 Å². The van der Waals surface area contributed by atoms with Gasteiger partial charge in [-0.25, -0.2) is 4.57 Å². The van der Waals surface area contributed by atoms with Crippen molar-refractivity contribution < 1.29 is 24.4 Å². The van der Waals surface area contributed by atoms with E-state index in [2.05, 4.69) is 11.4 Å². The zero-order valence-corrected chi connectivity index (χ0v) is 13.4. The Morgan fingerprint density at radius 3 is 2.17 bits per heavy atom. The molecule has 0 fully saturated rings. The molecule has 0 aliphatic carbocycles. The molecule has 2 aromatic rings. The number of rotatable bonds is 1. The van der Waals surface area contributed by atoms with Gasteiger partial charge in [0.15, 0.2) is 0 Å². The van der Waals surface area contributed by atoms with Gasteiger partial charge < -0.3 is 25.1 Å². The van der Waals surface area contributed by atoms with E-state index in [-0.39, 0.29) is 0 Å². The largest absolute Gasteiger partial charge is 0.466 e. The third-order valence-corrected chi connectivity index (χ3v) is 3.67. The Balaban J connectivity index is 0.000000338. The van der Waals surface area contributed by atoms with Crippen molar-refractivity contribution >= 4 is 7.82 Å². The van der Waals surface area contributed by atoms with Crippen LogP contribution in [0.4, 0.5) is 0 Å². The standard InChI is InChI=1S/C16H17NO.H3O4P/c18-16(14-7-2-1-3-8-14)12-17-11-10-13-6-4-5-9-15(13)16;1-5(2,3)4/h1-9,17-18H,10-12H2;(H3,1,2,3,4). The van der Waals surface area contributed by atoms with Gasteiger partial charge in [0.05, 0.1) is 0 Å². The first-order valence-electron chi connectivity index (χ1n) is 7.16. The van der Waals surface area contributed by atoms with Gasteiger partial charge in [-0.2, -0.15) is 0 Å². The molecule has 1 aliphatic rings. The lowest BCUT2D eigenvalue weighted by Gasteiger charge is -2.29. The number of aliphatic hydroxyl groups is 1. The smallest absolute Gasteiger partial charge is 0.379 e. The summed E-state index contributed by atoms with van der Waals surface area (Å²) in [5, 5.41) is 14.4. The van der Waals surface area contributed by atoms with Crippen LogP contribution in [0.2, 0.25) is 0 Å². The maximum Gasteiger partial charge on any atom is 0.466 e. The molecule has 124 valence electrons. The fourth-order valence-electron chi connectivity index (χ4n) is 2.70. The van der Waals surface area contributed by atoms with E-state index in [4.69, 9.17) is 19.2 Å². The van der Waals surface area contributed by atoms with Gasteiger partial charge >= 0.3 is 7.82 Å². The second-order valence-corrected chi connectivity index (χ2v) is 6.35. The van der Waals surface area contributed by atoms with Crippen LogP contribution in [0.1, 0.15) is 16.7 Å². The first-order valence-corrected chi connectivity index (χ1v) is 8.72. The van der Waals surface area contributed by atoms with Crippen LogP contribution in [0.25, 0.3) is 0 Å². The first-order chi connectivity index (χ1) is 10.8. The summed E-state index contributed by atoms with van der Waals surface area (Å²) in [5.41, 5.74) is 2.29. The molecule has 0 amide bonds. The average Bonchev–Trinajstić information content (AvgIpc) is 2.67. The van der Waals surface area contributed by atoms with Crippen molar-refractivity contribution in [3.05, 3.63) is 71.3 Å².